The summed E-state index contributed by atoms with van der Waals surface area (Å²) in [6.45, 7) is 2.91. The lowest BCUT2D eigenvalue weighted by molar-refractivity contribution is 0.0697. The van der Waals surface area contributed by atoms with Crippen LogP contribution in [-0.4, -0.2) is 28.6 Å². The number of rotatable bonds is 4. The van der Waals surface area contributed by atoms with Gasteiger partial charge in [0.15, 0.2) is 0 Å². The molecule has 1 aromatic rings. The van der Waals surface area contributed by atoms with E-state index in [2.05, 4.69) is 5.32 Å². The molecule has 0 spiro atoms. The van der Waals surface area contributed by atoms with Crippen LogP contribution in [-0.2, 0) is 0 Å². The number of thioether (sulfide) groups is 1. The van der Waals surface area contributed by atoms with E-state index in [9.17, 15) is 4.79 Å². The van der Waals surface area contributed by atoms with Gasteiger partial charge in [-0.3, -0.25) is 0 Å². The van der Waals surface area contributed by atoms with Gasteiger partial charge < -0.3 is 10.4 Å². The minimum atomic E-state index is -0.869. The molecule has 1 aliphatic heterocycles. The van der Waals surface area contributed by atoms with Crippen molar-refractivity contribution in [3.63, 3.8) is 0 Å². The summed E-state index contributed by atoms with van der Waals surface area (Å²) < 4.78 is 0. The van der Waals surface area contributed by atoms with Crippen LogP contribution in [0.5, 0.6) is 0 Å². The summed E-state index contributed by atoms with van der Waals surface area (Å²) in [6.07, 6.45) is 2.60. The maximum atomic E-state index is 10.8. The Kier molecular flexibility index (Phi) is 3.94. The van der Waals surface area contributed by atoms with Gasteiger partial charge in [0.2, 0.25) is 0 Å². The molecule has 1 aromatic carbocycles. The standard InChI is InChI=1S/C13H17NO2S/c1-9-7-10(13(15)16)4-5-12(9)14-8-11-3-2-6-17-11/h4-5,7,11,14H,2-3,6,8H2,1H3,(H,15,16). The lowest BCUT2D eigenvalue weighted by Gasteiger charge is -2.13. The van der Waals surface area contributed by atoms with Crippen molar-refractivity contribution >= 4 is 23.4 Å². The van der Waals surface area contributed by atoms with Crippen molar-refractivity contribution in [1.29, 1.82) is 0 Å². The van der Waals surface area contributed by atoms with Gasteiger partial charge in [-0.1, -0.05) is 0 Å². The Labute approximate surface area is 106 Å². The van der Waals surface area contributed by atoms with Crippen LogP contribution in [0.4, 0.5) is 5.69 Å². The van der Waals surface area contributed by atoms with E-state index in [1.54, 1.807) is 12.1 Å². The van der Waals surface area contributed by atoms with Gasteiger partial charge in [0.25, 0.3) is 0 Å². The highest BCUT2D eigenvalue weighted by Crippen LogP contribution is 2.26. The number of carboxylic acids is 1. The van der Waals surface area contributed by atoms with Gasteiger partial charge in [0, 0.05) is 17.5 Å². The zero-order valence-corrected chi connectivity index (χ0v) is 10.7. The summed E-state index contributed by atoms with van der Waals surface area (Å²) in [4.78, 5) is 10.8. The number of carboxylic acid groups (broad SMARTS) is 1. The van der Waals surface area contributed by atoms with Crippen LogP contribution < -0.4 is 5.32 Å². The summed E-state index contributed by atoms with van der Waals surface area (Å²) >= 11 is 2.02. The number of aromatic carboxylic acids is 1. The second-order valence-electron chi connectivity index (χ2n) is 4.35. The van der Waals surface area contributed by atoms with Crippen LogP contribution in [0.1, 0.15) is 28.8 Å². The minimum absolute atomic E-state index is 0.350. The smallest absolute Gasteiger partial charge is 0.335 e. The predicted octanol–water partition coefficient (Wildman–Crippen LogP) is 3.00. The van der Waals surface area contributed by atoms with Gasteiger partial charge >= 0.3 is 5.97 Å². The first kappa shape index (κ1) is 12.3. The van der Waals surface area contributed by atoms with Crippen LogP contribution in [0, 0.1) is 6.92 Å². The molecule has 0 amide bonds. The summed E-state index contributed by atoms with van der Waals surface area (Å²) in [6, 6.07) is 5.23. The molecule has 1 atom stereocenters. The molecule has 0 radical (unpaired) electrons. The zero-order valence-electron chi connectivity index (χ0n) is 9.90. The summed E-state index contributed by atoms with van der Waals surface area (Å²) in [5.41, 5.74) is 2.39. The first-order chi connectivity index (χ1) is 8.16. The van der Waals surface area contributed by atoms with E-state index in [0.717, 1.165) is 17.8 Å². The molecule has 2 N–H and O–H groups in total. The molecule has 0 aromatic heterocycles. The van der Waals surface area contributed by atoms with E-state index >= 15 is 0 Å². The molecule has 1 unspecified atom stereocenters. The molecular formula is C13H17NO2S. The average molecular weight is 251 g/mol. The molecule has 3 nitrogen and oxygen atoms in total. The number of anilines is 1. The van der Waals surface area contributed by atoms with E-state index < -0.39 is 5.97 Å². The molecule has 92 valence electrons. The van der Waals surface area contributed by atoms with Gasteiger partial charge in [0.05, 0.1) is 5.56 Å². The number of hydrogen-bond donors (Lipinski definition) is 2. The molecule has 0 aliphatic carbocycles. The Morgan fingerprint density at radius 3 is 3.00 bits per heavy atom. The van der Waals surface area contributed by atoms with Crippen molar-refractivity contribution in [3.8, 4) is 0 Å². The number of nitrogens with one attached hydrogen (secondary N) is 1. The highest BCUT2D eigenvalue weighted by atomic mass is 32.2. The fourth-order valence-electron chi connectivity index (χ4n) is 2.02. The molecule has 1 aliphatic rings. The zero-order chi connectivity index (χ0) is 12.3. The number of hydrogen-bond acceptors (Lipinski definition) is 3. The Bertz CT molecular complexity index is 414. The van der Waals surface area contributed by atoms with E-state index in [1.807, 2.05) is 24.8 Å². The van der Waals surface area contributed by atoms with Crippen molar-refractivity contribution in [1.82, 2.24) is 0 Å². The second-order valence-corrected chi connectivity index (χ2v) is 5.76. The maximum absolute atomic E-state index is 10.8. The second kappa shape index (κ2) is 5.45. The van der Waals surface area contributed by atoms with Gasteiger partial charge in [-0.25, -0.2) is 4.79 Å². The lowest BCUT2D eigenvalue weighted by atomic mass is 10.1. The van der Waals surface area contributed by atoms with Crippen molar-refractivity contribution in [3.05, 3.63) is 29.3 Å². The lowest BCUT2D eigenvalue weighted by Crippen LogP contribution is -2.14. The average Bonchev–Trinajstić information content (AvgIpc) is 2.80. The van der Waals surface area contributed by atoms with Gasteiger partial charge in [-0.15, -0.1) is 0 Å². The number of benzene rings is 1. The Morgan fingerprint density at radius 1 is 1.59 bits per heavy atom. The van der Waals surface area contributed by atoms with E-state index in [0.29, 0.717) is 10.8 Å². The van der Waals surface area contributed by atoms with Gasteiger partial charge in [0.1, 0.15) is 0 Å². The fraction of sp³-hybridized carbons (Fsp3) is 0.462. The summed E-state index contributed by atoms with van der Waals surface area (Å²) in [5.74, 6) is 0.398. The molecule has 0 saturated carbocycles. The number of aryl methyl sites for hydroxylation is 1. The normalized spacial score (nSPS) is 19.2. The minimum Gasteiger partial charge on any atom is -0.478 e. The number of carbonyl (C=O) groups is 1. The SMILES string of the molecule is Cc1cc(C(=O)O)ccc1NCC1CCCS1. The molecular weight excluding hydrogens is 234 g/mol. The van der Waals surface area contributed by atoms with Crippen molar-refractivity contribution in [2.24, 2.45) is 0 Å². The first-order valence-corrected chi connectivity index (χ1v) is 6.91. The van der Waals surface area contributed by atoms with Gasteiger partial charge in [-0.05, 0) is 49.3 Å². The van der Waals surface area contributed by atoms with Crippen LogP contribution in [0.25, 0.3) is 0 Å². The van der Waals surface area contributed by atoms with Crippen LogP contribution in [0.3, 0.4) is 0 Å². The Balaban J connectivity index is 1.98. The van der Waals surface area contributed by atoms with Gasteiger partial charge in [-0.2, -0.15) is 11.8 Å². The van der Waals surface area contributed by atoms with Crippen LogP contribution in [0.15, 0.2) is 18.2 Å². The summed E-state index contributed by atoms with van der Waals surface area (Å²) in [7, 11) is 0. The molecule has 1 saturated heterocycles. The quantitative estimate of drug-likeness (QED) is 0.863. The van der Waals surface area contributed by atoms with Crippen LogP contribution >= 0.6 is 11.8 Å². The van der Waals surface area contributed by atoms with Crippen molar-refractivity contribution in [2.45, 2.75) is 25.0 Å². The highest BCUT2D eigenvalue weighted by Gasteiger charge is 2.15. The largest absolute Gasteiger partial charge is 0.478 e. The molecule has 0 bridgehead atoms. The molecule has 1 heterocycles. The van der Waals surface area contributed by atoms with E-state index in [-0.39, 0.29) is 0 Å². The van der Waals surface area contributed by atoms with E-state index in [1.165, 1.54) is 18.6 Å². The topological polar surface area (TPSA) is 49.3 Å². The Hall–Kier alpha value is -1.16. The van der Waals surface area contributed by atoms with Crippen molar-refractivity contribution in [2.75, 3.05) is 17.6 Å². The Morgan fingerprint density at radius 2 is 2.41 bits per heavy atom. The molecule has 17 heavy (non-hydrogen) atoms. The highest BCUT2D eigenvalue weighted by molar-refractivity contribution is 8.00. The molecule has 1 fully saturated rings. The van der Waals surface area contributed by atoms with Crippen LogP contribution in [0.2, 0.25) is 0 Å². The third-order valence-electron chi connectivity index (χ3n) is 3.02. The monoisotopic (exact) mass is 251 g/mol. The first-order valence-electron chi connectivity index (χ1n) is 5.86. The predicted molar refractivity (Wildman–Crippen MR) is 72.1 cm³/mol. The maximum Gasteiger partial charge on any atom is 0.335 e. The van der Waals surface area contributed by atoms with E-state index in [4.69, 9.17) is 5.11 Å². The molecule has 4 heteroatoms. The van der Waals surface area contributed by atoms with Crippen molar-refractivity contribution < 1.29 is 9.90 Å². The fourth-order valence-corrected chi connectivity index (χ4v) is 3.23. The molecule has 2 rings (SSSR count). The third kappa shape index (κ3) is 3.16. The summed E-state index contributed by atoms with van der Waals surface area (Å²) in [5, 5.41) is 13.0. The third-order valence-corrected chi connectivity index (χ3v) is 4.42.